The van der Waals surface area contributed by atoms with Gasteiger partial charge in [0.2, 0.25) is 5.91 Å². The molecule has 9 heteroatoms. The maximum Gasteiger partial charge on any atom is 0.237 e. The zero-order valence-corrected chi connectivity index (χ0v) is 20.3. The van der Waals surface area contributed by atoms with E-state index >= 15 is 0 Å². The molecule has 4 aromatic rings. The summed E-state index contributed by atoms with van der Waals surface area (Å²) in [5.41, 5.74) is 3.09. The first-order valence-electron chi connectivity index (χ1n) is 10.5. The zero-order chi connectivity index (χ0) is 24.2. The molecule has 1 aromatic heterocycles. The Labute approximate surface area is 206 Å². The summed E-state index contributed by atoms with van der Waals surface area (Å²) in [5, 5.41) is 11.7. The average molecular weight is 497 g/mol. The fourth-order valence-electron chi connectivity index (χ4n) is 3.31. The molecule has 0 fully saturated rings. The summed E-state index contributed by atoms with van der Waals surface area (Å²) in [7, 11) is 1.61. The maximum atomic E-state index is 13.3. The van der Waals surface area contributed by atoms with Crippen LogP contribution in [0.15, 0.2) is 71.9 Å². The minimum Gasteiger partial charge on any atom is -0.496 e. The normalized spacial score (nSPS) is 11.8. The first-order chi connectivity index (χ1) is 16.4. The van der Waals surface area contributed by atoms with Crippen molar-refractivity contribution < 1.29 is 13.9 Å². The van der Waals surface area contributed by atoms with E-state index in [4.69, 9.17) is 16.3 Å². The summed E-state index contributed by atoms with van der Waals surface area (Å²) >= 11 is 7.31. The SMILES string of the molecule is COc1ccccc1-c1nnc(SC(C)C(=O)Nc2ccc(F)cc2Cl)n1-c1ccc(C)cc1. The topological polar surface area (TPSA) is 69.0 Å². The van der Waals surface area contributed by atoms with Crippen LogP contribution >= 0.6 is 23.4 Å². The predicted molar refractivity (Wildman–Crippen MR) is 133 cm³/mol. The number of halogens is 2. The quantitative estimate of drug-likeness (QED) is 0.310. The Hall–Kier alpha value is -3.36. The number of benzene rings is 3. The van der Waals surface area contributed by atoms with Gasteiger partial charge in [0.1, 0.15) is 11.6 Å². The van der Waals surface area contributed by atoms with Crippen LogP contribution in [0.3, 0.4) is 0 Å². The summed E-state index contributed by atoms with van der Waals surface area (Å²) in [6, 6.07) is 19.4. The van der Waals surface area contributed by atoms with Gasteiger partial charge in [-0.1, -0.05) is 53.2 Å². The number of aromatic nitrogens is 3. The summed E-state index contributed by atoms with van der Waals surface area (Å²) in [6.45, 7) is 3.77. The molecule has 0 saturated carbocycles. The van der Waals surface area contributed by atoms with Crippen molar-refractivity contribution >= 4 is 35.0 Å². The van der Waals surface area contributed by atoms with Crippen LogP contribution in [0.4, 0.5) is 10.1 Å². The molecule has 6 nitrogen and oxygen atoms in total. The molecule has 1 N–H and O–H groups in total. The fraction of sp³-hybridized carbons (Fsp3) is 0.160. The highest BCUT2D eigenvalue weighted by atomic mass is 35.5. The van der Waals surface area contributed by atoms with Crippen molar-refractivity contribution in [1.82, 2.24) is 14.8 Å². The molecule has 1 atom stereocenters. The predicted octanol–water partition coefficient (Wildman–Crippen LogP) is 6.16. The second-order valence-electron chi connectivity index (χ2n) is 7.55. The van der Waals surface area contributed by atoms with E-state index in [-0.39, 0.29) is 10.9 Å². The third-order valence-electron chi connectivity index (χ3n) is 5.11. The first kappa shape index (κ1) is 23.8. The van der Waals surface area contributed by atoms with Gasteiger partial charge < -0.3 is 10.1 Å². The van der Waals surface area contributed by atoms with Crippen molar-refractivity contribution in [3.8, 4) is 22.8 Å². The number of rotatable bonds is 7. The lowest BCUT2D eigenvalue weighted by Gasteiger charge is -2.15. The van der Waals surface area contributed by atoms with Gasteiger partial charge in [-0.2, -0.15) is 0 Å². The van der Waals surface area contributed by atoms with Crippen LogP contribution in [0.25, 0.3) is 17.1 Å². The largest absolute Gasteiger partial charge is 0.496 e. The van der Waals surface area contributed by atoms with Crippen LogP contribution in [0.5, 0.6) is 5.75 Å². The molecule has 3 aromatic carbocycles. The van der Waals surface area contributed by atoms with Crippen molar-refractivity contribution in [1.29, 1.82) is 0 Å². The molecular formula is C25H22ClFN4O2S. The summed E-state index contributed by atoms with van der Waals surface area (Å²) in [4.78, 5) is 12.9. The molecule has 0 aliphatic rings. The summed E-state index contributed by atoms with van der Waals surface area (Å²) < 4.78 is 20.8. The molecule has 0 spiro atoms. The van der Waals surface area contributed by atoms with E-state index in [1.807, 2.05) is 60.0 Å². The summed E-state index contributed by atoms with van der Waals surface area (Å²) in [5.74, 6) is 0.492. The van der Waals surface area contributed by atoms with Crippen molar-refractivity contribution in [3.05, 3.63) is 83.1 Å². The monoisotopic (exact) mass is 496 g/mol. The molecule has 1 heterocycles. The Morgan fingerprint density at radius 2 is 1.85 bits per heavy atom. The molecule has 0 aliphatic heterocycles. The Balaban J connectivity index is 1.68. The Bertz CT molecular complexity index is 1330. The minimum absolute atomic E-state index is 0.131. The molecule has 0 radical (unpaired) electrons. The van der Waals surface area contributed by atoms with Gasteiger partial charge in [0.15, 0.2) is 11.0 Å². The van der Waals surface area contributed by atoms with E-state index in [9.17, 15) is 9.18 Å². The highest BCUT2D eigenvalue weighted by Crippen LogP contribution is 2.35. The lowest BCUT2D eigenvalue weighted by atomic mass is 10.1. The number of carbonyl (C=O) groups excluding carboxylic acids is 1. The molecule has 174 valence electrons. The van der Waals surface area contributed by atoms with Crippen molar-refractivity contribution in [2.45, 2.75) is 24.3 Å². The van der Waals surface area contributed by atoms with Gasteiger partial charge in [0.25, 0.3) is 0 Å². The fourth-order valence-corrected chi connectivity index (χ4v) is 4.40. The first-order valence-corrected chi connectivity index (χ1v) is 11.7. The van der Waals surface area contributed by atoms with Crippen LogP contribution in [0, 0.1) is 12.7 Å². The molecule has 0 saturated heterocycles. The number of anilines is 1. The standard InChI is InChI=1S/C25H22ClFN4O2S/c1-15-8-11-18(12-9-15)31-23(19-6-4-5-7-22(19)33-3)29-30-25(31)34-16(2)24(32)28-21-13-10-17(27)14-20(21)26/h4-14,16H,1-3H3,(H,28,32). The number of hydrogen-bond donors (Lipinski definition) is 1. The van der Waals surface area contributed by atoms with Crippen molar-refractivity contribution in [3.63, 3.8) is 0 Å². The number of amides is 1. The lowest BCUT2D eigenvalue weighted by molar-refractivity contribution is -0.115. The third kappa shape index (κ3) is 5.08. The number of para-hydroxylation sites is 1. The molecule has 34 heavy (non-hydrogen) atoms. The van der Waals surface area contributed by atoms with E-state index in [0.29, 0.717) is 22.4 Å². The lowest BCUT2D eigenvalue weighted by Crippen LogP contribution is -2.23. The Kier molecular flexibility index (Phi) is 7.19. The van der Waals surface area contributed by atoms with E-state index in [1.165, 1.54) is 23.9 Å². The number of nitrogens with one attached hydrogen (secondary N) is 1. The number of carbonyl (C=O) groups is 1. The van der Waals surface area contributed by atoms with Crippen LogP contribution in [0.1, 0.15) is 12.5 Å². The minimum atomic E-state index is -0.542. The van der Waals surface area contributed by atoms with E-state index in [2.05, 4.69) is 15.5 Å². The van der Waals surface area contributed by atoms with Crippen LogP contribution in [-0.2, 0) is 4.79 Å². The highest BCUT2D eigenvalue weighted by molar-refractivity contribution is 8.00. The van der Waals surface area contributed by atoms with Gasteiger partial charge in [0.05, 0.1) is 28.6 Å². The number of aryl methyl sites for hydroxylation is 1. The number of nitrogens with zero attached hydrogens (tertiary/aromatic N) is 3. The van der Waals surface area contributed by atoms with Crippen LogP contribution < -0.4 is 10.1 Å². The number of methoxy groups -OCH3 is 1. The van der Waals surface area contributed by atoms with E-state index in [1.54, 1.807) is 14.0 Å². The number of hydrogen-bond acceptors (Lipinski definition) is 5. The second kappa shape index (κ2) is 10.3. The van der Waals surface area contributed by atoms with Crippen LogP contribution in [0.2, 0.25) is 5.02 Å². The number of ether oxygens (including phenoxy) is 1. The number of thioether (sulfide) groups is 1. The van der Waals surface area contributed by atoms with Gasteiger partial charge in [-0.15, -0.1) is 10.2 Å². The van der Waals surface area contributed by atoms with Gasteiger partial charge in [0, 0.05) is 5.69 Å². The van der Waals surface area contributed by atoms with E-state index < -0.39 is 11.1 Å². The molecule has 0 bridgehead atoms. The maximum absolute atomic E-state index is 13.3. The second-order valence-corrected chi connectivity index (χ2v) is 9.27. The molecule has 1 unspecified atom stereocenters. The molecule has 0 aliphatic carbocycles. The summed E-state index contributed by atoms with van der Waals surface area (Å²) in [6.07, 6.45) is 0. The van der Waals surface area contributed by atoms with Gasteiger partial charge >= 0.3 is 0 Å². The highest BCUT2D eigenvalue weighted by Gasteiger charge is 2.23. The van der Waals surface area contributed by atoms with Crippen molar-refractivity contribution in [2.75, 3.05) is 12.4 Å². The zero-order valence-electron chi connectivity index (χ0n) is 18.8. The Morgan fingerprint density at radius 1 is 1.12 bits per heavy atom. The van der Waals surface area contributed by atoms with Crippen LogP contribution in [-0.4, -0.2) is 33.0 Å². The van der Waals surface area contributed by atoms with Gasteiger partial charge in [-0.05, 0) is 56.3 Å². The van der Waals surface area contributed by atoms with Gasteiger partial charge in [-0.3, -0.25) is 9.36 Å². The molecule has 1 amide bonds. The smallest absolute Gasteiger partial charge is 0.237 e. The van der Waals surface area contributed by atoms with Crippen molar-refractivity contribution in [2.24, 2.45) is 0 Å². The van der Waals surface area contributed by atoms with E-state index in [0.717, 1.165) is 22.9 Å². The molecule has 4 rings (SSSR count). The third-order valence-corrected chi connectivity index (χ3v) is 6.47. The Morgan fingerprint density at radius 3 is 2.56 bits per heavy atom. The van der Waals surface area contributed by atoms with Gasteiger partial charge in [-0.25, -0.2) is 4.39 Å². The average Bonchev–Trinajstić information content (AvgIpc) is 3.24. The molecular weight excluding hydrogens is 475 g/mol.